The molecule has 126 valence electrons. The first kappa shape index (κ1) is 17.4. The maximum absolute atomic E-state index is 12.9. The van der Waals surface area contributed by atoms with E-state index in [1.807, 2.05) is 36.4 Å². The largest absolute Gasteiger partial charge is 0.349 e. The zero-order valence-corrected chi connectivity index (χ0v) is 15.5. The minimum Gasteiger partial charge on any atom is -0.349 e. The third kappa shape index (κ3) is 4.77. The van der Waals surface area contributed by atoms with Gasteiger partial charge in [-0.15, -0.1) is 0 Å². The van der Waals surface area contributed by atoms with Gasteiger partial charge in [0.05, 0.1) is 0 Å². The number of amides is 1. The highest BCUT2D eigenvalue weighted by atomic mass is 127. The van der Waals surface area contributed by atoms with Crippen LogP contribution in [0.15, 0.2) is 48.5 Å². The number of halogens is 2. The van der Waals surface area contributed by atoms with E-state index in [1.165, 1.54) is 12.1 Å². The molecule has 1 N–H and O–H groups in total. The fourth-order valence-corrected chi connectivity index (χ4v) is 3.31. The van der Waals surface area contributed by atoms with Gasteiger partial charge in [0.1, 0.15) is 5.82 Å². The maximum atomic E-state index is 12.9. The van der Waals surface area contributed by atoms with E-state index in [-0.39, 0.29) is 17.8 Å². The van der Waals surface area contributed by atoms with E-state index in [0.717, 1.165) is 41.6 Å². The number of piperidine rings is 1. The molecule has 24 heavy (non-hydrogen) atoms. The molecule has 2 aromatic rings. The van der Waals surface area contributed by atoms with Crippen LogP contribution in [0, 0.1) is 9.39 Å². The van der Waals surface area contributed by atoms with Gasteiger partial charge in [0.25, 0.3) is 5.91 Å². The first-order valence-corrected chi connectivity index (χ1v) is 9.21. The number of carbonyl (C=O) groups is 1. The minimum atomic E-state index is -0.198. The average Bonchev–Trinajstić information content (AvgIpc) is 2.59. The standard InChI is InChI=1S/C19H20FIN2O/c20-16-5-1-14(2-6-16)13-23-11-9-18(10-12-23)22-19(24)15-3-7-17(21)8-4-15/h1-8,18H,9-13H2,(H,22,24). The fraction of sp³-hybridized carbons (Fsp3) is 0.316. The Hall–Kier alpha value is -1.47. The fourth-order valence-electron chi connectivity index (χ4n) is 2.95. The Balaban J connectivity index is 1.47. The zero-order chi connectivity index (χ0) is 16.9. The van der Waals surface area contributed by atoms with E-state index in [9.17, 15) is 9.18 Å². The quantitative estimate of drug-likeness (QED) is 0.737. The number of nitrogens with one attached hydrogen (secondary N) is 1. The first-order valence-electron chi connectivity index (χ1n) is 8.13. The Bertz CT molecular complexity index is 680. The Morgan fingerprint density at radius 2 is 1.71 bits per heavy atom. The molecule has 1 saturated heterocycles. The molecule has 1 amide bonds. The lowest BCUT2D eigenvalue weighted by Crippen LogP contribution is -2.44. The summed E-state index contributed by atoms with van der Waals surface area (Å²) in [6.07, 6.45) is 1.88. The van der Waals surface area contributed by atoms with Gasteiger partial charge in [0.15, 0.2) is 0 Å². The second kappa shape index (κ2) is 8.07. The predicted octanol–water partition coefficient (Wildman–Crippen LogP) is 3.82. The summed E-state index contributed by atoms with van der Waals surface area (Å²) in [7, 11) is 0. The van der Waals surface area contributed by atoms with Crippen LogP contribution in [0.1, 0.15) is 28.8 Å². The molecule has 1 fully saturated rings. The van der Waals surface area contributed by atoms with Gasteiger partial charge in [-0.2, -0.15) is 0 Å². The lowest BCUT2D eigenvalue weighted by atomic mass is 10.0. The van der Waals surface area contributed by atoms with Crippen LogP contribution in [0.5, 0.6) is 0 Å². The van der Waals surface area contributed by atoms with Gasteiger partial charge < -0.3 is 5.32 Å². The van der Waals surface area contributed by atoms with Crippen LogP contribution in [0.4, 0.5) is 4.39 Å². The van der Waals surface area contributed by atoms with Crippen molar-refractivity contribution in [1.29, 1.82) is 0 Å². The number of hydrogen-bond acceptors (Lipinski definition) is 2. The molecular formula is C19H20FIN2O. The summed E-state index contributed by atoms with van der Waals surface area (Å²) in [6, 6.07) is 14.5. The summed E-state index contributed by atoms with van der Waals surface area (Å²) >= 11 is 2.23. The highest BCUT2D eigenvalue weighted by molar-refractivity contribution is 14.1. The van der Waals surface area contributed by atoms with Gasteiger partial charge >= 0.3 is 0 Å². The molecule has 0 spiro atoms. The molecule has 5 heteroatoms. The van der Waals surface area contributed by atoms with Crippen molar-refractivity contribution in [2.75, 3.05) is 13.1 Å². The molecule has 1 aliphatic rings. The van der Waals surface area contributed by atoms with E-state index in [1.54, 1.807) is 0 Å². The molecule has 3 nitrogen and oxygen atoms in total. The monoisotopic (exact) mass is 438 g/mol. The minimum absolute atomic E-state index is 0.00313. The second-order valence-corrected chi connectivity index (χ2v) is 7.40. The van der Waals surface area contributed by atoms with Crippen LogP contribution in [-0.2, 0) is 6.54 Å². The molecule has 1 heterocycles. The van der Waals surface area contributed by atoms with Crippen molar-refractivity contribution >= 4 is 28.5 Å². The molecule has 0 atom stereocenters. The van der Waals surface area contributed by atoms with Crippen LogP contribution in [0.25, 0.3) is 0 Å². The van der Waals surface area contributed by atoms with Crippen LogP contribution < -0.4 is 5.32 Å². The van der Waals surface area contributed by atoms with Crippen LogP contribution in [0.3, 0.4) is 0 Å². The summed E-state index contributed by atoms with van der Waals surface area (Å²) in [6.45, 7) is 2.71. The third-order valence-electron chi connectivity index (χ3n) is 4.35. The van der Waals surface area contributed by atoms with Gasteiger partial charge in [-0.25, -0.2) is 4.39 Å². The Labute approximate surface area is 155 Å². The maximum Gasteiger partial charge on any atom is 0.251 e. The van der Waals surface area contributed by atoms with E-state index in [4.69, 9.17) is 0 Å². The number of likely N-dealkylation sites (tertiary alicyclic amines) is 1. The predicted molar refractivity (Wildman–Crippen MR) is 101 cm³/mol. The van der Waals surface area contributed by atoms with Crippen molar-refractivity contribution in [3.63, 3.8) is 0 Å². The van der Waals surface area contributed by atoms with Crippen molar-refractivity contribution < 1.29 is 9.18 Å². The van der Waals surface area contributed by atoms with E-state index in [0.29, 0.717) is 5.56 Å². The molecule has 0 radical (unpaired) electrons. The smallest absolute Gasteiger partial charge is 0.251 e. The lowest BCUT2D eigenvalue weighted by molar-refractivity contribution is 0.0909. The van der Waals surface area contributed by atoms with E-state index >= 15 is 0 Å². The number of carbonyl (C=O) groups excluding carboxylic acids is 1. The molecule has 3 rings (SSSR count). The molecule has 0 saturated carbocycles. The summed E-state index contributed by atoms with van der Waals surface area (Å²) in [5, 5.41) is 3.13. The molecule has 0 aromatic heterocycles. The van der Waals surface area contributed by atoms with Gasteiger partial charge in [0, 0.05) is 34.8 Å². The average molecular weight is 438 g/mol. The molecule has 1 aliphatic heterocycles. The molecule has 0 unspecified atom stereocenters. The number of nitrogens with zero attached hydrogens (tertiary/aromatic N) is 1. The Kier molecular flexibility index (Phi) is 5.84. The summed E-state index contributed by atoms with van der Waals surface area (Å²) < 4.78 is 14.1. The van der Waals surface area contributed by atoms with Crippen molar-refractivity contribution in [2.24, 2.45) is 0 Å². The van der Waals surface area contributed by atoms with Crippen LogP contribution >= 0.6 is 22.6 Å². The van der Waals surface area contributed by atoms with Crippen molar-refractivity contribution in [3.05, 3.63) is 69.0 Å². The second-order valence-electron chi connectivity index (χ2n) is 6.16. The van der Waals surface area contributed by atoms with Crippen molar-refractivity contribution in [3.8, 4) is 0 Å². The topological polar surface area (TPSA) is 32.3 Å². The van der Waals surface area contributed by atoms with Gasteiger partial charge in [-0.3, -0.25) is 9.69 Å². The normalized spacial score (nSPS) is 16.1. The SMILES string of the molecule is O=C(NC1CCN(Cc2ccc(F)cc2)CC1)c1ccc(I)cc1. The van der Waals surface area contributed by atoms with Crippen molar-refractivity contribution in [2.45, 2.75) is 25.4 Å². The molecule has 2 aromatic carbocycles. The number of hydrogen-bond donors (Lipinski definition) is 1. The summed E-state index contributed by atoms with van der Waals surface area (Å²) in [4.78, 5) is 14.6. The number of rotatable bonds is 4. The molecular weight excluding hydrogens is 418 g/mol. The lowest BCUT2D eigenvalue weighted by Gasteiger charge is -2.32. The highest BCUT2D eigenvalue weighted by Crippen LogP contribution is 2.15. The number of benzene rings is 2. The Morgan fingerprint density at radius 1 is 1.08 bits per heavy atom. The van der Waals surface area contributed by atoms with Crippen LogP contribution in [0.2, 0.25) is 0 Å². The van der Waals surface area contributed by atoms with E-state index in [2.05, 4.69) is 32.8 Å². The first-order chi connectivity index (χ1) is 11.6. The van der Waals surface area contributed by atoms with Crippen LogP contribution in [-0.4, -0.2) is 29.9 Å². The summed E-state index contributed by atoms with van der Waals surface area (Å²) in [5.41, 5.74) is 1.84. The third-order valence-corrected chi connectivity index (χ3v) is 5.07. The highest BCUT2D eigenvalue weighted by Gasteiger charge is 2.21. The van der Waals surface area contributed by atoms with Crippen molar-refractivity contribution in [1.82, 2.24) is 10.2 Å². The zero-order valence-electron chi connectivity index (χ0n) is 13.3. The molecule has 0 bridgehead atoms. The van der Waals surface area contributed by atoms with Gasteiger partial charge in [-0.1, -0.05) is 12.1 Å². The van der Waals surface area contributed by atoms with E-state index < -0.39 is 0 Å². The van der Waals surface area contributed by atoms with Gasteiger partial charge in [0.2, 0.25) is 0 Å². The molecule has 0 aliphatic carbocycles. The Morgan fingerprint density at radius 3 is 2.33 bits per heavy atom. The summed E-state index contributed by atoms with van der Waals surface area (Å²) in [5.74, 6) is -0.195. The van der Waals surface area contributed by atoms with Gasteiger partial charge in [-0.05, 0) is 77.4 Å².